The molecule has 0 atom stereocenters. The standard InChI is InChI=1S/C21H27N3O2/c1-20(2)13-16(14-21(3,4)24-20)23-19(25)15-8-10-17(11-9-15)26-18-7-5-6-12-22-18/h5-12,16,24H,13-14H2,1-4H3,(H,23,25). The summed E-state index contributed by atoms with van der Waals surface area (Å²) in [6.45, 7) is 8.71. The second kappa shape index (κ2) is 7.08. The van der Waals surface area contributed by atoms with Crippen LogP contribution < -0.4 is 15.4 Å². The molecular weight excluding hydrogens is 326 g/mol. The van der Waals surface area contributed by atoms with Gasteiger partial charge >= 0.3 is 0 Å². The third-order valence-electron chi connectivity index (χ3n) is 4.50. The molecule has 1 aromatic heterocycles. The number of nitrogens with one attached hydrogen (secondary N) is 2. The predicted octanol–water partition coefficient (Wildman–Crippen LogP) is 3.91. The second-order valence-electron chi connectivity index (χ2n) is 8.27. The maximum atomic E-state index is 12.6. The van der Waals surface area contributed by atoms with Crippen LogP contribution in [-0.4, -0.2) is 28.0 Å². The third kappa shape index (κ3) is 4.82. The highest BCUT2D eigenvalue weighted by Gasteiger charge is 2.38. The minimum atomic E-state index is -0.0483. The van der Waals surface area contributed by atoms with Gasteiger partial charge in [-0.25, -0.2) is 4.98 Å². The van der Waals surface area contributed by atoms with Gasteiger partial charge in [0.25, 0.3) is 5.91 Å². The summed E-state index contributed by atoms with van der Waals surface area (Å²) in [5, 5.41) is 6.82. The minimum absolute atomic E-state index is 0.0000771. The van der Waals surface area contributed by atoms with Gasteiger partial charge in [-0.2, -0.15) is 0 Å². The number of pyridine rings is 1. The molecule has 1 saturated heterocycles. The van der Waals surface area contributed by atoms with Crippen molar-refractivity contribution in [1.29, 1.82) is 0 Å². The number of carbonyl (C=O) groups excluding carboxylic acids is 1. The molecule has 2 N–H and O–H groups in total. The Kier molecular flexibility index (Phi) is 5.01. The van der Waals surface area contributed by atoms with Crippen molar-refractivity contribution in [2.45, 2.75) is 57.7 Å². The van der Waals surface area contributed by atoms with Crippen molar-refractivity contribution in [3.63, 3.8) is 0 Å². The molecule has 0 aliphatic carbocycles. The Bertz CT molecular complexity index is 739. The normalized spacial score (nSPS) is 18.9. The molecule has 0 radical (unpaired) electrons. The van der Waals surface area contributed by atoms with Gasteiger partial charge in [0.1, 0.15) is 5.75 Å². The van der Waals surface area contributed by atoms with Crippen molar-refractivity contribution in [3.8, 4) is 11.6 Å². The Morgan fingerprint density at radius 1 is 1.08 bits per heavy atom. The predicted molar refractivity (Wildman–Crippen MR) is 103 cm³/mol. The fourth-order valence-electron chi connectivity index (χ4n) is 3.90. The first-order chi connectivity index (χ1) is 12.2. The van der Waals surface area contributed by atoms with E-state index in [9.17, 15) is 4.79 Å². The lowest BCUT2D eigenvalue weighted by Gasteiger charge is -2.46. The number of aromatic nitrogens is 1. The molecule has 0 spiro atoms. The van der Waals surface area contributed by atoms with Crippen molar-refractivity contribution in [3.05, 3.63) is 54.2 Å². The summed E-state index contributed by atoms with van der Waals surface area (Å²) in [5.74, 6) is 1.14. The molecule has 0 bridgehead atoms. The van der Waals surface area contributed by atoms with Crippen LogP contribution in [0.1, 0.15) is 50.9 Å². The number of nitrogens with zero attached hydrogens (tertiary/aromatic N) is 1. The van der Waals surface area contributed by atoms with E-state index in [2.05, 4.69) is 43.3 Å². The molecule has 1 aliphatic rings. The Hall–Kier alpha value is -2.40. The summed E-state index contributed by atoms with van der Waals surface area (Å²) in [4.78, 5) is 16.7. The largest absolute Gasteiger partial charge is 0.439 e. The summed E-state index contributed by atoms with van der Waals surface area (Å²) in [7, 11) is 0. The first kappa shape index (κ1) is 18.4. The second-order valence-corrected chi connectivity index (χ2v) is 8.27. The molecule has 138 valence electrons. The molecule has 0 unspecified atom stereocenters. The molecule has 1 aliphatic heterocycles. The van der Waals surface area contributed by atoms with E-state index >= 15 is 0 Å². The van der Waals surface area contributed by atoms with Crippen LogP contribution in [0.25, 0.3) is 0 Å². The van der Waals surface area contributed by atoms with Crippen molar-refractivity contribution >= 4 is 5.91 Å². The van der Waals surface area contributed by atoms with Gasteiger partial charge in [0.15, 0.2) is 0 Å². The lowest BCUT2D eigenvalue weighted by Crippen LogP contribution is -2.62. The van der Waals surface area contributed by atoms with E-state index in [1.165, 1.54) is 0 Å². The van der Waals surface area contributed by atoms with Crippen molar-refractivity contribution in [2.24, 2.45) is 0 Å². The van der Waals surface area contributed by atoms with Gasteiger partial charge in [0, 0.05) is 34.9 Å². The maximum absolute atomic E-state index is 12.6. The average molecular weight is 353 g/mol. The zero-order chi connectivity index (χ0) is 18.8. The number of carbonyl (C=O) groups is 1. The van der Waals surface area contributed by atoms with Gasteiger partial charge in [-0.05, 0) is 70.9 Å². The number of amides is 1. The highest BCUT2D eigenvalue weighted by atomic mass is 16.5. The van der Waals surface area contributed by atoms with Crippen LogP contribution in [0.4, 0.5) is 0 Å². The molecular formula is C21H27N3O2. The van der Waals surface area contributed by atoms with E-state index < -0.39 is 0 Å². The third-order valence-corrected chi connectivity index (χ3v) is 4.50. The van der Waals surface area contributed by atoms with E-state index in [0.717, 1.165) is 12.8 Å². The first-order valence-electron chi connectivity index (χ1n) is 9.02. The van der Waals surface area contributed by atoms with E-state index in [4.69, 9.17) is 4.74 Å². The molecule has 5 nitrogen and oxygen atoms in total. The molecule has 2 heterocycles. The van der Waals surface area contributed by atoms with Crippen LogP contribution in [0.5, 0.6) is 11.6 Å². The fraction of sp³-hybridized carbons (Fsp3) is 0.429. The monoisotopic (exact) mass is 353 g/mol. The quantitative estimate of drug-likeness (QED) is 0.875. The molecule has 1 fully saturated rings. The lowest BCUT2D eigenvalue weighted by atomic mass is 9.79. The van der Waals surface area contributed by atoms with Gasteiger partial charge in [0.2, 0.25) is 5.88 Å². The number of ether oxygens (including phenoxy) is 1. The lowest BCUT2D eigenvalue weighted by molar-refractivity contribution is 0.0873. The Labute approximate surface area is 155 Å². The van der Waals surface area contributed by atoms with E-state index in [-0.39, 0.29) is 23.0 Å². The van der Waals surface area contributed by atoms with Crippen molar-refractivity contribution < 1.29 is 9.53 Å². The molecule has 1 aromatic carbocycles. The molecule has 0 saturated carbocycles. The van der Waals surface area contributed by atoms with Crippen molar-refractivity contribution in [1.82, 2.24) is 15.6 Å². The number of hydrogen-bond acceptors (Lipinski definition) is 4. The number of benzene rings is 1. The van der Waals surface area contributed by atoms with Crippen LogP contribution in [0.2, 0.25) is 0 Å². The van der Waals surface area contributed by atoms with Crippen LogP contribution in [0, 0.1) is 0 Å². The van der Waals surface area contributed by atoms with Crippen LogP contribution >= 0.6 is 0 Å². The van der Waals surface area contributed by atoms with Gasteiger partial charge in [0.05, 0.1) is 0 Å². The molecule has 1 amide bonds. The smallest absolute Gasteiger partial charge is 0.251 e. The average Bonchev–Trinajstić information content (AvgIpc) is 2.53. The summed E-state index contributed by atoms with van der Waals surface area (Å²) < 4.78 is 5.67. The summed E-state index contributed by atoms with van der Waals surface area (Å²) in [5.41, 5.74) is 0.632. The van der Waals surface area contributed by atoms with Gasteiger partial charge in [-0.15, -0.1) is 0 Å². The first-order valence-corrected chi connectivity index (χ1v) is 9.02. The van der Waals surface area contributed by atoms with Crippen LogP contribution in [0.15, 0.2) is 48.7 Å². The molecule has 26 heavy (non-hydrogen) atoms. The summed E-state index contributed by atoms with van der Waals surface area (Å²) in [6, 6.07) is 12.8. The Balaban J connectivity index is 1.63. The minimum Gasteiger partial charge on any atom is -0.439 e. The van der Waals surface area contributed by atoms with Gasteiger partial charge in [-0.3, -0.25) is 4.79 Å². The highest BCUT2D eigenvalue weighted by Crippen LogP contribution is 2.28. The van der Waals surface area contributed by atoms with Gasteiger partial charge < -0.3 is 15.4 Å². The molecule has 3 rings (SSSR count). The van der Waals surface area contributed by atoms with Crippen molar-refractivity contribution in [2.75, 3.05) is 0 Å². The zero-order valence-electron chi connectivity index (χ0n) is 15.9. The zero-order valence-corrected chi connectivity index (χ0v) is 15.9. The maximum Gasteiger partial charge on any atom is 0.251 e. The van der Waals surface area contributed by atoms with E-state index in [1.54, 1.807) is 36.5 Å². The van der Waals surface area contributed by atoms with E-state index in [0.29, 0.717) is 17.2 Å². The van der Waals surface area contributed by atoms with Gasteiger partial charge in [-0.1, -0.05) is 6.07 Å². The molecule has 2 aromatic rings. The Morgan fingerprint density at radius 2 is 1.73 bits per heavy atom. The number of hydrogen-bond donors (Lipinski definition) is 2. The van der Waals surface area contributed by atoms with Crippen LogP contribution in [0.3, 0.4) is 0 Å². The number of piperidine rings is 1. The SMILES string of the molecule is CC1(C)CC(NC(=O)c2ccc(Oc3ccccn3)cc2)CC(C)(C)N1. The topological polar surface area (TPSA) is 63.2 Å². The summed E-state index contributed by atoms with van der Waals surface area (Å²) >= 11 is 0. The molecule has 5 heteroatoms. The summed E-state index contributed by atoms with van der Waals surface area (Å²) in [6.07, 6.45) is 3.49. The highest BCUT2D eigenvalue weighted by molar-refractivity contribution is 5.94. The van der Waals surface area contributed by atoms with E-state index in [1.807, 2.05) is 12.1 Å². The Morgan fingerprint density at radius 3 is 2.31 bits per heavy atom. The van der Waals surface area contributed by atoms with Crippen LogP contribution in [-0.2, 0) is 0 Å². The fourth-order valence-corrected chi connectivity index (χ4v) is 3.90. The number of rotatable bonds is 4.